The number of aromatic nitrogens is 2. The van der Waals surface area contributed by atoms with Gasteiger partial charge in [0.2, 0.25) is 5.89 Å². The van der Waals surface area contributed by atoms with Crippen LogP contribution in [0.25, 0.3) is 20.9 Å². The van der Waals surface area contributed by atoms with Gasteiger partial charge >= 0.3 is 5.97 Å². The van der Waals surface area contributed by atoms with Crippen molar-refractivity contribution in [2.24, 2.45) is 0 Å². The zero-order valence-corrected chi connectivity index (χ0v) is 22.8. The van der Waals surface area contributed by atoms with Crippen LogP contribution in [-0.4, -0.2) is 28.2 Å². The highest BCUT2D eigenvalue weighted by Gasteiger charge is 2.23. The number of fused-ring (bicyclic) bond motifs is 1. The first-order valence-electron chi connectivity index (χ1n) is 12.1. The third-order valence-corrected chi connectivity index (χ3v) is 6.78. The number of esters is 1. The second-order valence-electron chi connectivity index (χ2n) is 9.08. The Labute approximate surface area is 215 Å². The maximum atomic E-state index is 13.5. The highest BCUT2D eigenvalue weighted by atomic mass is 32.1. The van der Waals surface area contributed by atoms with Crippen LogP contribution >= 0.6 is 11.3 Å². The molecule has 0 N–H and O–H groups in total. The van der Waals surface area contributed by atoms with Crippen molar-refractivity contribution in [3.05, 3.63) is 70.0 Å². The normalized spacial score (nSPS) is 11.2. The van der Waals surface area contributed by atoms with Gasteiger partial charge in [0.05, 0.1) is 23.6 Å². The molecule has 0 atom stereocenters. The maximum absolute atomic E-state index is 13.5. The minimum Gasteiger partial charge on any atom is -0.496 e. The summed E-state index contributed by atoms with van der Waals surface area (Å²) >= 11 is 1.49. The van der Waals surface area contributed by atoms with E-state index in [1.54, 1.807) is 40.3 Å². The molecular formula is C28H34N2O5S. The summed E-state index contributed by atoms with van der Waals surface area (Å²) in [4.78, 5) is 31.1. The van der Waals surface area contributed by atoms with Crippen molar-refractivity contribution < 1.29 is 18.7 Å². The number of hydrogen-bond donors (Lipinski definition) is 0. The minimum absolute atomic E-state index is 0.155. The number of ether oxygens (including phenoxy) is 2. The fraction of sp³-hybridized carbons (Fsp3) is 0.393. The monoisotopic (exact) mass is 510 g/mol. The average molecular weight is 511 g/mol. The molecule has 0 bridgehead atoms. The number of carbonyl (C=O) groups excluding carboxylic acids is 1. The van der Waals surface area contributed by atoms with Gasteiger partial charge in [-0.2, -0.15) is 0 Å². The van der Waals surface area contributed by atoms with E-state index in [0.29, 0.717) is 17.7 Å². The van der Waals surface area contributed by atoms with Gasteiger partial charge in [0.15, 0.2) is 0 Å². The van der Waals surface area contributed by atoms with Crippen LogP contribution in [0.1, 0.15) is 51.3 Å². The van der Waals surface area contributed by atoms with Gasteiger partial charge in [-0.25, -0.2) is 4.98 Å². The summed E-state index contributed by atoms with van der Waals surface area (Å²) in [6.07, 6.45) is 6.26. The Balaban J connectivity index is 0.00000176. The zero-order chi connectivity index (χ0) is 26.5. The van der Waals surface area contributed by atoms with Crippen LogP contribution in [-0.2, 0) is 28.9 Å². The number of pyridine rings is 1. The van der Waals surface area contributed by atoms with Gasteiger partial charge in [-0.05, 0) is 63.3 Å². The van der Waals surface area contributed by atoms with Crippen molar-refractivity contribution in [3.63, 3.8) is 0 Å². The number of aryl methyl sites for hydroxylation is 3. The van der Waals surface area contributed by atoms with E-state index in [1.807, 2.05) is 45.0 Å². The molecule has 3 aromatic heterocycles. The molecule has 3 heterocycles. The average Bonchev–Trinajstić information content (AvgIpc) is 3.48. The molecule has 0 amide bonds. The number of rotatable bonds is 7. The van der Waals surface area contributed by atoms with E-state index in [4.69, 9.17) is 13.9 Å². The zero-order valence-electron chi connectivity index (χ0n) is 22.0. The first-order chi connectivity index (χ1) is 17.2. The van der Waals surface area contributed by atoms with Gasteiger partial charge < -0.3 is 18.5 Å². The molecule has 36 heavy (non-hydrogen) atoms. The first-order valence-corrected chi connectivity index (χ1v) is 12.9. The molecule has 0 aliphatic heterocycles. The first kappa shape index (κ1) is 27.2. The molecule has 0 aliphatic carbocycles. The molecule has 0 saturated carbocycles. The lowest BCUT2D eigenvalue weighted by Gasteiger charge is -2.20. The summed E-state index contributed by atoms with van der Waals surface area (Å²) < 4.78 is 18.8. The number of carbonyl (C=O) groups is 1. The summed E-state index contributed by atoms with van der Waals surface area (Å²) in [5.41, 5.74) is 1.98. The number of para-hydroxylation sites is 1. The van der Waals surface area contributed by atoms with Crippen LogP contribution in [0.4, 0.5) is 0 Å². The summed E-state index contributed by atoms with van der Waals surface area (Å²) in [6.45, 7) is 11.2. The van der Waals surface area contributed by atoms with Crippen molar-refractivity contribution in [1.82, 2.24) is 9.55 Å². The van der Waals surface area contributed by atoms with Crippen LogP contribution in [0, 0.1) is 6.92 Å². The molecule has 192 valence electrons. The number of oxazole rings is 1. The Hall–Kier alpha value is -3.39. The molecule has 0 unspecified atom stereocenters. The maximum Gasteiger partial charge on any atom is 0.326 e. The Bertz CT molecular complexity index is 1380. The van der Waals surface area contributed by atoms with Crippen molar-refractivity contribution in [2.45, 2.75) is 66.5 Å². The highest BCUT2D eigenvalue weighted by Crippen LogP contribution is 2.38. The number of methoxy groups -OCH3 is 1. The summed E-state index contributed by atoms with van der Waals surface area (Å²) in [5.74, 6) is 0.849. The van der Waals surface area contributed by atoms with E-state index < -0.39 is 11.6 Å². The summed E-state index contributed by atoms with van der Waals surface area (Å²) in [7, 11) is 1.66. The Morgan fingerprint density at radius 3 is 2.47 bits per heavy atom. The van der Waals surface area contributed by atoms with Gasteiger partial charge in [0, 0.05) is 10.9 Å². The van der Waals surface area contributed by atoms with E-state index in [9.17, 15) is 9.59 Å². The van der Waals surface area contributed by atoms with Crippen molar-refractivity contribution in [2.75, 3.05) is 7.11 Å². The molecule has 0 aliphatic rings. The second-order valence-corrected chi connectivity index (χ2v) is 10.1. The molecule has 0 fully saturated rings. The minimum atomic E-state index is -0.631. The Kier molecular flexibility index (Phi) is 8.74. The molecule has 0 radical (unpaired) electrons. The fourth-order valence-electron chi connectivity index (χ4n) is 3.97. The Morgan fingerprint density at radius 1 is 1.14 bits per heavy atom. The quantitative estimate of drug-likeness (QED) is 0.276. The molecule has 0 spiro atoms. The van der Waals surface area contributed by atoms with Crippen molar-refractivity contribution >= 4 is 27.4 Å². The second kappa shape index (κ2) is 11.6. The van der Waals surface area contributed by atoms with Crippen LogP contribution in [0.2, 0.25) is 0 Å². The van der Waals surface area contributed by atoms with E-state index >= 15 is 0 Å². The van der Waals surface area contributed by atoms with Gasteiger partial charge in [0.25, 0.3) is 5.56 Å². The third-order valence-electron chi connectivity index (χ3n) is 5.43. The standard InChI is InChI=1S/C26H28N2O5S.C2H6/c1-16-21-23(34-22(16)24-27-12-13-32-24)18(11-10-17-8-6-7-9-19(17)31-5)14-28(25(21)30)15-20(29)33-26(2,3)4;1-2/h6-9,12-14H,10-11,15H2,1-5H3;1-2H3. The van der Waals surface area contributed by atoms with E-state index in [-0.39, 0.29) is 12.1 Å². The predicted octanol–water partition coefficient (Wildman–Crippen LogP) is 6.19. The molecular weight excluding hydrogens is 476 g/mol. The summed E-state index contributed by atoms with van der Waals surface area (Å²) in [6, 6.07) is 7.88. The van der Waals surface area contributed by atoms with Gasteiger partial charge in [-0.15, -0.1) is 11.3 Å². The predicted molar refractivity (Wildman–Crippen MR) is 144 cm³/mol. The number of nitrogens with zero attached hydrogens (tertiary/aromatic N) is 2. The van der Waals surface area contributed by atoms with Crippen molar-refractivity contribution in [1.29, 1.82) is 0 Å². The van der Waals surface area contributed by atoms with Gasteiger partial charge in [-0.3, -0.25) is 9.59 Å². The Morgan fingerprint density at radius 2 is 1.83 bits per heavy atom. The van der Waals surface area contributed by atoms with Gasteiger partial charge in [0.1, 0.15) is 24.2 Å². The highest BCUT2D eigenvalue weighted by molar-refractivity contribution is 7.22. The van der Waals surface area contributed by atoms with Crippen LogP contribution in [0.5, 0.6) is 5.75 Å². The molecule has 0 saturated heterocycles. The lowest BCUT2D eigenvalue weighted by atomic mass is 10.0. The lowest BCUT2D eigenvalue weighted by Crippen LogP contribution is -2.30. The van der Waals surface area contributed by atoms with E-state index in [1.165, 1.54) is 22.2 Å². The van der Waals surface area contributed by atoms with Crippen LogP contribution in [0.15, 0.2) is 52.1 Å². The molecule has 1 aromatic carbocycles. The number of thiophene rings is 1. The van der Waals surface area contributed by atoms with E-state index in [2.05, 4.69) is 4.98 Å². The smallest absolute Gasteiger partial charge is 0.326 e. The number of hydrogen-bond acceptors (Lipinski definition) is 7. The lowest BCUT2D eigenvalue weighted by molar-refractivity contribution is -0.155. The number of benzene rings is 1. The van der Waals surface area contributed by atoms with Crippen LogP contribution in [0.3, 0.4) is 0 Å². The fourth-order valence-corrected chi connectivity index (χ4v) is 5.25. The SMILES string of the molecule is CC.COc1ccccc1CCc1cn(CC(=O)OC(C)(C)C)c(=O)c2c(C)c(-c3ncco3)sc12. The molecule has 7 nitrogen and oxygen atoms in total. The van der Waals surface area contributed by atoms with Gasteiger partial charge in [-0.1, -0.05) is 32.0 Å². The molecule has 4 aromatic rings. The largest absolute Gasteiger partial charge is 0.496 e. The van der Waals surface area contributed by atoms with Crippen LogP contribution < -0.4 is 10.3 Å². The third kappa shape index (κ3) is 6.05. The topological polar surface area (TPSA) is 83.6 Å². The van der Waals surface area contributed by atoms with E-state index in [0.717, 1.165) is 38.4 Å². The van der Waals surface area contributed by atoms with Crippen molar-refractivity contribution in [3.8, 4) is 16.5 Å². The summed E-state index contributed by atoms with van der Waals surface area (Å²) in [5, 5.41) is 0.583. The molecule has 4 rings (SSSR count). The molecule has 8 heteroatoms.